The quantitative estimate of drug-likeness (QED) is 0.435. The Hall–Kier alpha value is 1.56. The van der Waals surface area contributed by atoms with Crippen LogP contribution >= 0.6 is 0 Å². The second-order valence-corrected chi connectivity index (χ2v) is 3.85. The molecule has 2 heterocycles. The van der Waals surface area contributed by atoms with Gasteiger partial charge in [-0.3, -0.25) is 0 Å². The monoisotopic (exact) mass is 178 g/mol. The summed E-state index contributed by atoms with van der Waals surface area (Å²) in [6.07, 6.45) is 1.34. The third-order valence-electron chi connectivity index (χ3n) is 2.75. The van der Waals surface area contributed by atoms with Gasteiger partial charge in [0.15, 0.2) is 0 Å². The van der Waals surface area contributed by atoms with Gasteiger partial charge in [-0.1, -0.05) is 12.0 Å². The molecule has 0 saturated carbocycles. The maximum atomic E-state index is 4.50. The van der Waals surface area contributed by atoms with Crippen LogP contribution in [0.1, 0.15) is 20.3 Å². The zero-order valence-corrected chi connectivity index (χ0v) is 10.9. The van der Waals surface area contributed by atoms with Gasteiger partial charge in [-0.15, -0.1) is 6.54 Å². The summed E-state index contributed by atoms with van der Waals surface area (Å²) in [5.41, 5.74) is 0.449. The van der Waals surface area contributed by atoms with Crippen molar-refractivity contribution in [2.45, 2.75) is 31.8 Å². The molecule has 2 nitrogen and oxygen atoms in total. The molecule has 0 aromatic heterocycles. The van der Waals surface area contributed by atoms with Crippen molar-refractivity contribution in [3.63, 3.8) is 0 Å². The molecule has 11 heavy (non-hydrogen) atoms. The Morgan fingerprint density at radius 2 is 1.91 bits per heavy atom. The van der Waals surface area contributed by atoms with E-state index in [1.807, 2.05) is 0 Å². The molecule has 2 rings (SSSR count). The smallest absolute Gasteiger partial charge is 0.655 e. The van der Waals surface area contributed by atoms with Crippen molar-refractivity contribution in [3.8, 4) is 0 Å². The van der Waals surface area contributed by atoms with Crippen molar-refractivity contribution < 1.29 is 51.4 Å². The van der Waals surface area contributed by atoms with Crippen LogP contribution in [0.25, 0.3) is 5.32 Å². The zero-order valence-electron chi connectivity index (χ0n) is 7.80. The molecule has 0 aromatic carbocycles. The van der Waals surface area contributed by atoms with Crippen LogP contribution in [-0.4, -0.2) is 36.1 Å². The summed E-state index contributed by atoms with van der Waals surface area (Å²) in [5.74, 6) is 0. The molecule has 58 valence electrons. The van der Waals surface area contributed by atoms with Gasteiger partial charge < -0.3 is 10.2 Å². The molecular weight excluding hydrogens is 163 g/mol. The minimum Gasteiger partial charge on any atom is -0.655 e. The minimum absolute atomic E-state index is 0. The molecule has 0 aromatic rings. The first-order valence-corrected chi connectivity index (χ1v) is 4.15. The summed E-state index contributed by atoms with van der Waals surface area (Å²) >= 11 is 0. The summed E-state index contributed by atoms with van der Waals surface area (Å²) in [6.45, 7) is 8.08. The number of rotatable bonds is 1. The predicted molar refractivity (Wildman–Crippen MR) is 42.3 cm³/mol. The average Bonchev–Trinajstić information content (AvgIpc) is 1.54. The maximum absolute atomic E-state index is 4.50. The number of nitrogens with zero attached hydrogens (tertiary/aromatic N) is 2. The number of likely N-dealkylation sites (tertiary alicyclic amines) is 1. The molecule has 2 fully saturated rings. The third-order valence-corrected chi connectivity index (χ3v) is 2.75. The normalized spacial score (nSPS) is 27.5. The molecule has 1 spiro atoms. The van der Waals surface area contributed by atoms with E-state index in [2.05, 4.69) is 24.1 Å². The Kier molecular flexibility index (Phi) is 3.62. The number of hydrogen-bond donors (Lipinski definition) is 0. The first-order valence-electron chi connectivity index (χ1n) is 4.15. The van der Waals surface area contributed by atoms with Crippen LogP contribution in [0.4, 0.5) is 0 Å². The Morgan fingerprint density at radius 3 is 2.18 bits per heavy atom. The van der Waals surface area contributed by atoms with E-state index in [1.165, 1.54) is 19.5 Å². The fourth-order valence-corrected chi connectivity index (χ4v) is 1.76. The second kappa shape index (κ2) is 3.74. The first kappa shape index (κ1) is 10.6. The van der Waals surface area contributed by atoms with Crippen LogP contribution in [0.5, 0.6) is 0 Å². The van der Waals surface area contributed by atoms with Gasteiger partial charge in [-0.2, -0.15) is 0 Å². The molecular formula is C8H15KN2. The van der Waals surface area contributed by atoms with Gasteiger partial charge in [-0.25, -0.2) is 0 Å². The first-order chi connectivity index (χ1) is 4.72. The molecule has 0 unspecified atom stereocenters. The van der Waals surface area contributed by atoms with E-state index in [4.69, 9.17) is 0 Å². The van der Waals surface area contributed by atoms with Crippen LogP contribution < -0.4 is 51.4 Å². The molecule has 2 aliphatic heterocycles. The standard InChI is InChI=1S/C8H15N2.K/c1-7(2)10-5-8(6-10)3-4-9-8;/h7H,3-6H2,1-2H3;/q-1;+1. The SMILES string of the molecule is CC(C)N1CC2(CC[N-]2)C1.[K+]. The predicted octanol–water partition coefficient (Wildman–Crippen LogP) is -1.77. The Morgan fingerprint density at radius 1 is 1.36 bits per heavy atom. The van der Waals surface area contributed by atoms with Gasteiger partial charge in [0.1, 0.15) is 0 Å². The van der Waals surface area contributed by atoms with Gasteiger partial charge in [0, 0.05) is 6.04 Å². The third kappa shape index (κ3) is 1.90. The van der Waals surface area contributed by atoms with Crippen molar-refractivity contribution in [2.24, 2.45) is 0 Å². The van der Waals surface area contributed by atoms with Crippen LogP contribution in [-0.2, 0) is 0 Å². The van der Waals surface area contributed by atoms with Crippen molar-refractivity contribution in [1.29, 1.82) is 0 Å². The average molecular weight is 178 g/mol. The van der Waals surface area contributed by atoms with Crippen molar-refractivity contribution in [1.82, 2.24) is 4.90 Å². The molecule has 0 radical (unpaired) electrons. The van der Waals surface area contributed by atoms with Crippen LogP contribution in [0, 0.1) is 0 Å². The van der Waals surface area contributed by atoms with Crippen molar-refractivity contribution in [3.05, 3.63) is 5.32 Å². The zero-order chi connectivity index (χ0) is 7.19. The van der Waals surface area contributed by atoms with Gasteiger partial charge in [-0.05, 0) is 26.9 Å². The summed E-state index contributed by atoms with van der Waals surface area (Å²) in [5, 5.41) is 4.50. The molecule has 0 aliphatic carbocycles. The molecule has 0 amide bonds. The molecule has 2 saturated heterocycles. The van der Waals surface area contributed by atoms with Crippen molar-refractivity contribution >= 4 is 0 Å². The Bertz CT molecular complexity index is 135. The Balaban J connectivity index is 0.000000605. The minimum atomic E-state index is 0. The molecule has 0 atom stereocenters. The molecule has 0 N–H and O–H groups in total. The summed E-state index contributed by atoms with van der Waals surface area (Å²) in [4.78, 5) is 2.49. The largest absolute Gasteiger partial charge is 1.00 e. The number of hydrogen-bond acceptors (Lipinski definition) is 1. The van der Waals surface area contributed by atoms with E-state index >= 15 is 0 Å². The van der Waals surface area contributed by atoms with E-state index in [-0.39, 0.29) is 51.4 Å². The topological polar surface area (TPSA) is 17.3 Å². The van der Waals surface area contributed by atoms with Crippen LogP contribution in [0.2, 0.25) is 0 Å². The fourth-order valence-electron chi connectivity index (χ4n) is 1.76. The van der Waals surface area contributed by atoms with Crippen LogP contribution in [0.15, 0.2) is 0 Å². The maximum Gasteiger partial charge on any atom is 1.00 e. The summed E-state index contributed by atoms with van der Waals surface area (Å²) in [6, 6.07) is 0.724. The van der Waals surface area contributed by atoms with E-state index in [0.29, 0.717) is 5.54 Å². The van der Waals surface area contributed by atoms with E-state index < -0.39 is 0 Å². The van der Waals surface area contributed by atoms with Gasteiger partial charge in [0.05, 0.1) is 0 Å². The van der Waals surface area contributed by atoms with Gasteiger partial charge in [0.2, 0.25) is 0 Å². The van der Waals surface area contributed by atoms with Crippen LogP contribution in [0.3, 0.4) is 0 Å². The summed E-state index contributed by atoms with van der Waals surface area (Å²) < 4.78 is 0. The Labute approximate surface area is 112 Å². The van der Waals surface area contributed by atoms with Gasteiger partial charge in [0.25, 0.3) is 0 Å². The van der Waals surface area contributed by atoms with Gasteiger partial charge >= 0.3 is 51.4 Å². The van der Waals surface area contributed by atoms with E-state index in [0.717, 1.165) is 12.6 Å². The molecule has 3 heteroatoms. The molecule has 0 bridgehead atoms. The summed E-state index contributed by atoms with van der Waals surface area (Å²) in [7, 11) is 0. The fraction of sp³-hybridized carbons (Fsp3) is 1.00. The molecule has 2 aliphatic rings. The van der Waals surface area contributed by atoms with Crippen molar-refractivity contribution in [2.75, 3.05) is 19.6 Å². The van der Waals surface area contributed by atoms with E-state index in [1.54, 1.807) is 0 Å². The second-order valence-electron chi connectivity index (χ2n) is 3.85. The van der Waals surface area contributed by atoms with E-state index in [9.17, 15) is 0 Å².